The molecule has 0 aliphatic carbocycles. The molecule has 3 nitrogen and oxygen atoms in total. The smallest absolute Gasteiger partial charge is 0.118 e. The number of nitrogens with one attached hydrogen (secondary N) is 1. The van der Waals surface area contributed by atoms with E-state index in [0.29, 0.717) is 12.0 Å². The van der Waals surface area contributed by atoms with E-state index in [-0.39, 0.29) is 0 Å². The maximum Gasteiger partial charge on any atom is 0.118 e. The summed E-state index contributed by atoms with van der Waals surface area (Å²) in [6.45, 7) is 5.89. The molecular formula is C17H28N2O. The summed E-state index contributed by atoms with van der Waals surface area (Å²) in [4.78, 5) is 2.42. The minimum Gasteiger partial charge on any atom is -0.497 e. The summed E-state index contributed by atoms with van der Waals surface area (Å²) in [5.41, 5.74) is 1.39. The normalized spacial score (nSPS) is 18.9. The van der Waals surface area contributed by atoms with E-state index < -0.39 is 0 Å². The Labute approximate surface area is 123 Å². The van der Waals surface area contributed by atoms with Crippen molar-refractivity contribution < 1.29 is 4.74 Å². The van der Waals surface area contributed by atoms with Crippen molar-refractivity contribution in [1.82, 2.24) is 10.2 Å². The molecule has 0 saturated carbocycles. The van der Waals surface area contributed by atoms with Gasteiger partial charge >= 0.3 is 0 Å². The summed E-state index contributed by atoms with van der Waals surface area (Å²) in [5.74, 6) is 1.61. The van der Waals surface area contributed by atoms with Gasteiger partial charge in [0.15, 0.2) is 0 Å². The topological polar surface area (TPSA) is 24.5 Å². The molecule has 1 heterocycles. The van der Waals surface area contributed by atoms with E-state index in [1.807, 2.05) is 12.1 Å². The van der Waals surface area contributed by atoms with Crippen molar-refractivity contribution >= 4 is 0 Å². The van der Waals surface area contributed by atoms with E-state index in [1.165, 1.54) is 31.5 Å². The van der Waals surface area contributed by atoms with Crippen LogP contribution in [0.3, 0.4) is 0 Å². The third-order valence-corrected chi connectivity index (χ3v) is 4.22. The Morgan fingerprint density at radius 3 is 2.50 bits per heavy atom. The van der Waals surface area contributed by atoms with Gasteiger partial charge in [0.1, 0.15) is 5.75 Å². The summed E-state index contributed by atoms with van der Waals surface area (Å²) in [6, 6.07) is 9.15. The summed E-state index contributed by atoms with van der Waals surface area (Å²) < 4.78 is 5.19. The molecule has 1 aliphatic rings. The van der Waals surface area contributed by atoms with E-state index in [1.54, 1.807) is 7.11 Å². The van der Waals surface area contributed by atoms with Crippen LogP contribution in [0.15, 0.2) is 24.3 Å². The maximum atomic E-state index is 5.19. The molecule has 0 aromatic heterocycles. The molecule has 2 rings (SSSR count). The van der Waals surface area contributed by atoms with Crippen LogP contribution >= 0.6 is 0 Å². The van der Waals surface area contributed by atoms with E-state index in [2.05, 4.69) is 36.3 Å². The third-order valence-electron chi connectivity index (χ3n) is 4.22. The standard InChI is InChI=1S/C17H28N2O/c1-14(12-15-4-6-17(20-3)7-5-15)13-18-16-8-10-19(2)11-9-16/h4-7,14,16,18H,8-13H2,1-3H3/t14-/m1/s1. The lowest BCUT2D eigenvalue weighted by Gasteiger charge is -2.30. The summed E-state index contributed by atoms with van der Waals surface area (Å²) in [5, 5.41) is 3.73. The molecule has 1 saturated heterocycles. The van der Waals surface area contributed by atoms with Crippen LogP contribution in [0.25, 0.3) is 0 Å². The van der Waals surface area contributed by atoms with Gasteiger partial charge in [0.25, 0.3) is 0 Å². The lowest BCUT2D eigenvalue weighted by molar-refractivity contribution is 0.230. The number of methoxy groups -OCH3 is 1. The zero-order chi connectivity index (χ0) is 14.4. The Hall–Kier alpha value is -1.06. The molecule has 1 atom stereocenters. The second-order valence-corrected chi connectivity index (χ2v) is 6.14. The van der Waals surface area contributed by atoms with E-state index >= 15 is 0 Å². The van der Waals surface area contributed by atoms with E-state index in [0.717, 1.165) is 18.7 Å². The number of benzene rings is 1. The minimum absolute atomic E-state index is 0.669. The highest BCUT2D eigenvalue weighted by Crippen LogP contribution is 2.15. The molecular weight excluding hydrogens is 248 g/mol. The summed E-state index contributed by atoms with van der Waals surface area (Å²) in [6.07, 6.45) is 3.70. The predicted octanol–water partition coefficient (Wildman–Crippen LogP) is 2.56. The average molecular weight is 276 g/mol. The van der Waals surface area contributed by atoms with Crippen molar-refractivity contribution in [3.05, 3.63) is 29.8 Å². The van der Waals surface area contributed by atoms with E-state index in [4.69, 9.17) is 4.74 Å². The fourth-order valence-electron chi connectivity index (χ4n) is 2.82. The largest absolute Gasteiger partial charge is 0.497 e. The predicted molar refractivity (Wildman–Crippen MR) is 84.4 cm³/mol. The molecule has 1 aromatic carbocycles. The van der Waals surface area contributed by atoms with Crippen LogP contribution in [0, 0.1) is 5.92 Å². The van der Waals surface area contributed by atoms with Gasteiger partial charge in [0, 0.05) is 6.04 Å². The van der Waals surface area contributed by atoms with Crippen molar-refractivity contribution in [2.45, 2.75) is 32.2 Å². The lowest BCUT2D eigenvalue weighted by Crippen LogP contribution is -2.42. The van der Waals surface area contributed by atoms with Crippen LogP contribution in [0.5, 0.6) is 5.75 Å². The number of piperidine rings is 1. The highest BCUT2D eigenvalue weighted by molar-refractivity contribution is 5.27. The van der Waals surface area contributed by atoms with Crippen LogP contribution in [0.1, 0.15) is 25.3 Å². The first kappa shape index (κ1) is 15.3. The molecule has 112 valence electrons. The molecule has 0 unspecified atom stereocenters. The van der Waals surface area contributed by atoms with Gasteiger partial charge in [-0.15, -0.1) is 0 Å². The van der Waals surface area contributed by atoms with Crippen LogP contribution in [-0.2, 0) is 6.42 Å². The second-order valence-electron chi connectivity index (χ2n) is 6.14. The molecule has 1 N–H and O–H groups in total. The van der Waals surface area contributed by atoms with Gasteiger partial charge in [-0.1, -0.05) is 19.1 Å². The van der Waals surface area contributed by atoms with Gasteiger partial charge in [0.05, 0.1) is 7.11 Å². The quantitative estimate of drug-likeness (QED) is 0.864. The minimum atomic E-state index is 0.669. The molecule has 0 spiro atoms. The van der Waals surface area contributed by atoms with Crippen LogP contribution in [0.2, 0.25) is 0 Å². The van der Waals surface area contributed by atoms with Crippen molar-refractivity contribution in [2.24, 2.45) is 5.92 Å². The first-order valence-corrected chi connectivity index (χ1v) is 7.72. The van der Waals surface area contributed by atoms with Gasteiger partial charge in [-0.3, -0.25) is 0 Å². The summed E-state index contributed by atoms with van der Waals surface area (Å²) >= 11 is 0. The second kappa shape index (κ2) is 7.65. The Morgan fingerprint density at radius 2 is 1.90 bits per heavy atom. The fraction of sp³-hybridized carbons (Fsp3) is 0.647. The van der Waals surface area contributed by atoms with Crippen molar-refractivity contribution in [2.75, 3.05) is 33.8 Å². The number of hydrogen-bond donors (Lipinski definition) is 1. The van der Waals surface area contributed by atoms with Gasteiger partial charge < -0.3 is 15.0 Å². The Kier molecular flexibility index (Phi) is 5.86. The molecule has 20 heavy (non-hydrogen) atoms. The van der Waals surface area contributed by atoms with Crippen molar-refractivity contribution in [1.29, 1.82) is 0 Å². The van der Waals surface area contributed by atoms with Crippen LogP contribution < -0.4 is 10.1 Å². The Balaban J connectivity index is 1.70. The number of nitrogens with zero attached hydrogens (tertiary/aromatic N) is 1. The average Bonchev–Trinajstić information content (AvgIpc) is 2.47. The lowest BCUT2D eigenvalue weighted by atomic mass is 9.99. The molecule has 0 radical (unpaired) electrons. The number of hydrogen-bond acceptors (Lipinski definition) is 3. The van der Waals surface area contributed by atoms with Crippen molar-refractivity contribution in [3.8, 4) is 5.75 Å². The van der Waals surface area contributed by atoms with Gasteiger partial charge in [-0.05, 0) is 69.6 Å². The van der Waals surface area contributed by atoms with Crippen LogP contribution in [-0.4, -0.2) is 44.7 Å². The maximum absolute atomic E-state index is 5.19. The van der Waals surface area contributed by atoms with Crippen molar-refractivity contribution in [3.63, 3.8) is 0 Å². The molecule has 1 aromatic rings. The van der Waals surface area contributed by atoms with E-state index in [9.17, 15) is 0 Å². The molecule has 1 fully saturated rings. The highest BCUT2D eigenvalue weighted by atomic mass is 16.5. The third kappa shape index (κ3) is 4.80. The number of likely N-dealkylation sites (tertiary alicyclic amines) is 1. The molecule has 0 bridgehead atoms. The summed E-state index contributed by atoms with van der Waals surface area (Å²) in [7, 11) is 3.92. The Morgan fingerprint density at radius 1 is 1.25 bits per heavy atom. The zero-order valence-corrected chi connectivity index (χ0v) is 13.1. The number of ether oxygens (including phenoxy) is 1. The van der Waals surface area contributed by atoms with Gasteiger partial charge in [-0.25, -0.2) is 0 Å². The monoisotopic (exact) mass is 276 g/mol. The SMILES string of the molecule is COc1ccc(C[C@@H](C)CNC2CCN(C)CC2)cc1. The van der Waals surface area contributed by atoms with Crippen LogP contribution in [0.4, 0.5) is 0 Å². The number of rotatable bonds is 6. The first-order valence-electron chi connectivity index (χ1n) is 7.72. The fourth-order valence-corrected chi connectivity index (χ4v) is 2.82. The van der Waals surface area contributed by atoms with Gasteiger partial charge in [-0.2, -0.15) is 0 Å². The first-order chi connectivity index (χ1) is 9.67. The molecule has 0 amide bonds. The highest BCUT2D eigenvalue weighted by Gasteiger charge is 2.16. The Bertz CT molecular complexity index is 382. The molecule has 3 heteroatoms. The molecule has 1 aliphatic heterocycles. The van der Waals surface area contributed by atoms with Gasteiger partial charge in [0.2, 0.25) is 0 Å². The zero-order valence-electron chi connectivity index (χ0n) is 13.1.